The molecule has 5 unspecified atom stereocenters. The molecule has 0 bridgehead atoms. The Bertz CT molecular complexity index is 2150. The second kappa shape index (κ2) is 55.1. The fourth-order valence-electron chi connectivity index (χ4n) is 15.5. The van der Waals surface area contributed by atoms with E-state index in [2.05, 4.69) is 334 Å². The minimum absolute atomic E-state index is 0.388. The first kappa shape index (κ1) is 101. The molecule has 8 aliphatic heterocycles. The molecular formula is C96H189N9. The number of hydrogen-bond acceptors (Lipinski definition) is 9. The van der Waals surface area contributed by atoms with E-state index in [0.29, 0.717) is 59.8 Å². The number of allylic oxidation sites excluding steroid dienone is 5. The molecule has 618 valence electrons. The second-order valence-corrected chi connectivity index (χ2v) is 39.0. The largest absolute Gasteiger partial charge is 0.375 e. The van der Waals surface area contributed by atoms with Crippen LogP contribution in [0.5, 0.6) is 0 Å². The van der Waals surface area contributed by atoms with Gasteiger partial charge in [0.1, 0.15) is 0 Å². The van der Waals surface area contributed by atoms with Crippen molar-refractivity contribution in [2.45, 2.75) is 398 Å². The topological polar surface area (TPSA) is 29.2 Å². The highest BCUT2D eigenvalue weighted by atomic mass is 15.3. The van der Waals surface area contributed by atoms with Gasteiger partial charge in [-0.3, -0.25) is 19.6 Å². The molecule has 0 aliphatic carbocycles. The Balaban J connectivity index is 0.000000600. The highest BCUT2D eigenvalue weighted by Gasteiger charge is 2.31. The molecule has 0 saturated carbocycles. The summed E-state index contributed by atoms with van der Waals surface area (Å²) in [6, 6.07) is 6.82. The van der Waals surface area contributed by atoms with Crippen LogP contribution in [0.25, 0.3) is 0 Å². The smallest absolute Gasteiger partial charge is 0.0511 e. The Labute approximate surface area is 660 Å². The third-order valence-electron chi connectivity index (χ3n) is 24.4. The molecule has 0 aromatic rings. The molecule has 8 heterocycles. The third kappa shape index (κ3) is 43.3. The van der Waals surface area contributed by atoms with E-state index < -0.39 is 0 Å². The molecule has 0 radical (unpaired) electrons. The van der Waals surface area contributed by atoms with Crippen LogP contribution in [0.1, 0.15) is 338 Å². The molecule has 9 nitrogen and oxygen atoms in total. The summed E-state index contributed by atoms with van der Waals surface area (Å²) < 4.78 is 0. The maximum atomic E-state index is 2.65. The number of hydrogen-bond donors (Lipinski definition) is 0. The Morgan fingerprint density at radius 3 is 1.34 bits per heavy atom. The van der Waals surface area contributed by atoms with E-state index in [1.54, 1.807) is 11.1 Å². The predicted molar refractivity (Wildman–Crippen MR) is 473 cm³/mol. The third-order valence-corrected chi connectivity index (χ3v) is 24.4. The van der Waals surface area contributed by atoms with Crippen molar-refractivity contribution in [3.05, 3.63) is 72.3 Å². The summed E-state index contributed by atoms with van der Waals surface area (Å²) in [6.45, 7) is 92.4. The molecule has 2 saturated heterocycles. The summed E-state index contributed by atoms with van der Waals surface area (Å²) in [4.78, 5) is 23.0. The first-order valence-corrected chi connectivity index (χ1v) is 45.0. The Hall–Kier alpha value is -2.40. The predicted octanol–water partition coefficient (Wildman–Crippen LogP) is 24.7. The van der Waals surface area contributed by atoms with E-state index in [1.807, 2.05) is 0 Å². The van der Waals surface area contributed by atoms with Crippen molar-refractivity contribution in [1.82, 2.24) is 44.1 Å². The molecule has 5 atom stereocenters. The fourth-order valence-corrected chi connectivity index (χ4v) is 15.5. The normalized spacial score (nSPS) is 23.6. The molecule has 0 aromatic carbocycles. The first-order valence-electron chi connectivity index (χ1n) is 45.0. The zero-order chi connectivity index (χ0) is 79.7. The highest BCUT2D eigenvalue weighted by Crippen LogP contribution is 2.33. The van der Waals surface area contributed by atoms with Gasteiger partial charge in [0.2, 0.25) is 0 Å². The molecular weight excluding hydrogens is 1280 g/mol. The average Bonchev–Trinajstić information content (AvgIpc) is 1.82. The summed E-state index contributed by atoms with van der Waals surface area (Å²) in [7, 11) is 0. The van der Waals surface area contributed by atoms with E-state index in [9.17, 15) is 0 Å². The lowest BCUT2D eigenvalue weighted by atomic mass is 9.82. The van der Waals surface area contributed by atoms with Crippen LogP contribution in [0.3, 0.4) is 0 Å². The Morgan fingerprint density at radius 1 is 0.343 bits per heavy atom. The summed E-state index contributed by atoms with van der Waals surface area (Å²) in [6.07, 6.45) is 46.2. The van der Waals surface area contributed by atoms with Gasteiger partial charge in [-0.25, -0.2) is 0 Å². The summed E-state index contributed by atoms with van der Waals surface area (Å²) in [5.41, 5.74) is 3.65. The standard InChI is InChI=1S/C13H25N.C12H25N.5C12H23N.C11H24N2/c1-11(2)14-10-8-6-7-9-12(14)13(3,4)5;7*1-10(2)12-7-5-6-8-13(9-12)11(3)4/h8,10-12H,6-7,9H2,1-5H3;10-12H,5-9H2,1-4H3;9-11H,5-8H2,1-4H3;7,10-11H,5-6,8-9H2,1-4H3;6,8,10-12H,5,7,9H2,1-4H3;5,7,10-12H,6,8-9H2,1-4H3;5-6,10-12H,7-9H2,1-4H3;10-11H,5-9H2,1-4H3. The Kier molecular flexibility index (Phi) is 52.8. The molecule has 0 N–H and O–H groups in total. The van der Waals surface area contributed by atoms with Crippen LogP contribution in [-0.2, 0) is 0 Å². The van der Waals surface area contributed by atoms with Gasteiger partial charge in [-0.05, 0) is 337 Å². The molecule has 0 amide bonds. The van der Waals surface area contributed by atoms with E-state index in [0.717, 1.165) is 78.4 Å². The van der Waals surface area contributed by atoms with Gasteiger partial charge in [0, 0.05) is 113 Å². The van der Waals surface area contributed by atoms with Gasteiger partial charge >= 0.3 is 0 Å². The van der Waals surface area contributed by atoms with Crippen molar-refractivity contribution in [2.75, 3.05) is 85.2 Å². The molecule has 0 aromatic heterocycles. The van der Waals surface area contributed by atoms with Crippen LogP contribution in [-0.4, -0.2) is 190 Å². The zero-order valence-corrected chi connectivity index (χ0v) is 77.1. The molecule has 8 aliphatic rings. The van der Waals surface area contributed by atoms with E-state index in [1.165, 1.54) is 181 Å². The van der Waals surface area contributed by atoms with Crippen molar-refractivity contribution >= 4 is 0 Å². The van der Waals surface area contributed by atoms with Crippen molar-refractivity contribution in [2.24, 2.45) is 64.6 Å². The van der Waals surface area contributed by atoms with Crippen LogP contribution >= 0.6 is 0 Å². The van der Waals surface area contributed by atoms with Gasteiger partial charge in [-0.15, -0.1) is 0 Å². The van der Waals surface area contributed by atoms with Gasteiger partial charge < -0.3 is 24.5 Å². The molecule has 2 fully saturated rings. The van der Waals surface area contributed by atoms with E-state index >= 15 is 0 Å². The van der Waals surface area contributed by atoms with E-state index in [-0.39, 0.29) is 0 Å². The summed E-state index contributed by atoms with van der Waals surface area (Å²) >= 11 is 0. The summed E-state index contributed by atoms with van der Waals surface area (Å²) in [5, 5.41) is 0. The van der Waals surface area contributed by atoms with Crippen LogP contribution in [0, 0.1) is 64.6 Å². The SMILES string of the molecule is CC(C)C1=CCCCN(C(C)C)C1.CC(C)C1=CN(C(C)C)CCCC1.CC(C)C1C=CCCN(C(C)C)C1.CC(C)C1CC=CCN(C(C)C)C1.CC(C)C1CCC=CN(C(C)C)C1.CC(C)C1CCCCN(C(C)C)C1.CC(C)N1C=CCCCC1C(C)(C)C.CC(C)N1CCCCN(C(C)C)C1. The monoisotopic (exact) mass is 1470 g/mol. The van der Waals surface area contributed by atoms with Crippen LogP contribution in [0.2, 0.25) is 0 Å². The maximum Gasteiger partial charge on any atom is 0.0511 e. The van der Waals surface area contributed by atoms with Crippen molar-refractivity contribution in [3.63, 3.8) is 0 Å². The van der Waals surface area contributed by atoms with Crippen molar-refractivity contribution < 1.29 is 0 Å². The minimum atomic E-state index is 0.388. The molecule has 105 heavy (non-hydrogen) atoms. The Morgan fingerprint density at radius 2 is 0.838 bits per heavy atom. The average molecular weight is 1470 g/mol. The number of rotatable bonds is 15. The maximum absolute atomic E-state index is 2.65. The zero-order valence-electron chi connectivity index (χ0n) is 77.1. The first-order chi connectivity index (χ1) is 49.2. The van der Waals surface area contributed by atoms with Gasteiger partial charge in [0.25, 0.3) is 0 Å². The van der Waals surface area contributed by atoms with Gasteiger partial charge in [0.05, 0.1) is 6.67 Å². The molecule has 9 heteroatoms. The van der Waals surface area contributed by atoms with Crippen LogP contribution in [0.15, 0.2) is 72.3 Å². The van der Waals surface area contributed by atoms with Gasteiger partial charge in [-0.2, -0.15) is 0 Å². The van der Waals surface area contributed by atoms with Crippen LogP contribution in [0.4, 0.5) is 0 Å². The van der Waals surface area contributed by atoms with Crippen molar-refractivity contribution in [3.8, 4) is 0 Å². The quantitative estimate of drug-likeness (QED) is 0.149. The molecule has 8 rings (SSSR count). The van der Waals surface area contributed by atoms with Crippen LogP contribution < -0.4 is 0 Å². The van der Waals surface area contributed by atoms with Crippen molar-refractivity contribution in [1.29, 1.82) is 0 Å². The van der Waals surface area contributed by atoms with Gasteiger partial charge in [0.15, 0.2) is 0 Å². The highest BCUT2D eigenvalue weighted by molar-refractivity contribution is 5.10. The number of likely N-dealkylation sites (tertiary alicyclic amines) is 1. The lowest BCUT2D eigenvalue weighted by Gasteiger charge is -2.41. The van der Waals surface area contributed by atoms with Gasteiger partial charge in [-0.1, -0.05) is 164 Å². The summed E-state index contributed by atoms with van der Waals surface area (Å²) in [5.74, 6) is 8.12. The lowest BCUT2D eigenvalue weighted by molar-refractivity contribution is 0.104. The second-order valence-electron chi connectivity index (χ2n) is 39.0. The lowest BCUT2D eigenvalue weighted by Crippen LogP contribution is -2.43. The number of nitrogens with zero attached hydrogens (tertiary/aromatic N) is 9. The van der Waals surface area contributed by atoms with E-state index in [4.69, 9.17) is 0 Å². The fraction of sp³-hybridized carbons (Fsp3) is 0.875. The minimum Gasteiger partial charge on any atom is -0.375 e. The molecule has 0 spiro atoms.